The molecule has 0 aromatic heterocycles. The molecule has 0 spiro atoms. The number of nitro benzene ring substituents is 2. The number of benzene rings is 2. The molecule has 0 fully saturated rings. The SMILES string of the molecule is CCCOC(=O)c1ccc(OCC(=O)NNC(=O)c2cc([N+](=O)[O-])cc([N+](=O)[O-])c2)cc1. The third kappa shape index (κ3) is 6.76. The van der Waals surface area contributed by atoms with Crippen LogP contribution in [-0.2, 0) is 9.53 Å². The Bertz CT molecular complexity index is 1010. The van der Waals surface area contributed by atoms with Crippen molar-refractivity contribution in [3.63, 3.8) is 0 Å². The number of nitrogens with zero attached hydrogens (tertiary/aromatic N) is 2. The number of nitro groups is 2. The Kier molecular flexibility index (Phi) is 8.16. The van der Waals surface area contributed by atoms with Gasteiger partial charge >= 0.3 is 5.97 Å². The first kappa shape index (κ1) is 23.7. The number of amides is 2. The molecule has 168 valence electrons. The highest BCUT2D eigenvalue weighted by Gasteiger charge is 2.20. The van der Waals surface area contributed by atoms with Crippen molar-refractivity contribution < 1.29 is 33.7 Å². The van der Waals surface area contributed by atoms with Crippen LogP contribution in [0.2, 0.25) is 0 Å². The quantitative estimate of drug-likeness (QED) is 0.330. The van der Waals surface area contributed by atoms with Crippen molar-refractivity contribution in [1.82, 2.24) is 10.9 Å². The Balaban J connectivity index is 1.89. The van der Waals surface area contributed by atoms with Crippen molar-refractivity contribution in [1.29, 1.82) is 0 Å². The zero-order chi connectivity index (χ0) is 23.7. The highest BCUT2D eigenvalue weighted by molar-refractivity contribution is 5.96. The minimum Gasteiger partial charge on any atom is -0.484 e. The average Bonchev–Trinajstić information content (AvgIpc) is 2.79. The summed E-state index contributed by atoms with van der Waals surface area (Å²) in [7, 11) is 0. The van der Waals surface area contributed by atoms with Gasteiger partial charge in [-0.3, -0.25) is 40.7 Å². The van der Waals surface area contributed by atoms with Crippen LogP contribution in [0.5, 0.6) is 5.75 Å². The van der Waals surface area contributed by atoms with Gasteiger partial charge in [-0.25, -0.2) is 4.79 Å². The topological polar surface area (TPSA) is 180 Å². The van der Waals surface area contributed by atoms with Gasteiger partial charge in [0.25, 0.3) is 23.2 Å². The molecule has 0 heterocycles. The number of rotatable bonds is 9. The highest BCUT2D eigenvalue weighted by atomic mass is 16.6. The Morgan fingerprint density at radius 2 is 1.50 bits per heavy atom. The number of hydrazine groups is 1. The lowest BCUT2D eigenvalue weighted by Gasteiger charge is -2.09. The molecule has 2 aromatic rings. The van der Waals surface area contributed by atoms with E-state index in [9.17, 15) is 34.6 Å². The van der Waals surface area contributed by atoms with E-state index in [1.807, 2.05) is 17.8 Å². The molecule has 0 radical (unpaired) electrons. The van der Waals surface area contributed by atoms with E-state index in [0.29, 0.717) is 24.7 Å². The Hall–Kier alpha value is -4.55. The summed E-state index contributed by atoms with van der Waals surface area (Å²) in [6.07, 6.45) is 0.691. The van der Waals surface area contributed by atoms with Crippen LogP contribution >= 0.6 is 0 Å². The largest absolute Gasteiger partial charge is 0.484 e. The second-order valence-electron chi connectivity index (χ2n) is 6.20. The van der Waals surface area contributed by atoms with E-state index < -0.39 is 51.2 Å². The molecule has 0 aliphatic rings. The van der Waals surface area contributed by atoms with Gasteiger partial charge in [-0.05, 0) is 30.7 Å². The van der Waals surface area contributed by atoms with E-state index in [1.165, 1.54) is 24.3 Å². The molecular weight excluding hydrogens is 428 g/mol. The fourth-order valence-corrected chi connectivity index (χ4v) is 2.29. The first-order valence-electron chi connectivity index (χ1n) is 9.14. The predicted molar refractivity (Wildman–Crippen MR) is 108 cm³/mol. The molecule has 0 aliphatic heterocycles. The molecule has 0 saturated heterocycles. The summed E-state index contributed by atoms with van der Waals surface area (Å²) in [5.74, 6) is -1.99. The molecule has 0 unspecified atom stereocenters. The average molecular weight is 446 g/mol. The van der Waals surface area contributed by atoms with Gasteiger partial charge in [0.05, 0.1) is 33.6 Å². The normalized spacial score (nSPS) is 10.0. The Morgan fingerprint density at radius 3 is 2.03 bits per heavy atom. The lowest BCUT2D eigenvalue weighted by molar-refractivity contribution is -0.394. The Morgan fingerprint density at radius 1 is 0.906 bits per heavy atom. The molecular formula is C19H18N4O9. The fourth-order valence-electron chi connectivity index (χ4n) is 2.29. The van der Waals surface area contributed by atoms with E-state index in [1.54, 1.807) is 0 Å². The van der Waals surface area contributed by atoms with E-state index in [2.05, 4.69) is 0 Å². The van der Waals surface area contributed by atoms with E-state index in [-0.39, 0.29) is 5.75 Å². The van der Waals surface area contributed by atoms with Crippen LogP contribution in [0.15, 0.2) is 42.5 Å². The van der Waals surface area contributed by atoms with Crippen LogP contribution in [0.3, 0.4) is 0 Å². The summed E-state index contributed by atoms with van der Waals surface area (Å²) >= 11 is 0. The van der Waals surface area contributed by atoms with Crippen molar-refractivity contribution in [2.24, 2.45) is 0 Å². The van der Waals surface area contributed by atoms with E-state index in [4.69, 9.17) is 9.47 Å². The second kappa shape index (κ2) is 11.0. The molecule has 0 saturated carbocycles. The Labute approximate surface area is 180 Å². The van der Waals surface area contributed by atoms with Crippen molar-refractivity contribution in [3.05, 3.63) is 73.8 Å². The first-order chi connectivity index (χ1) is 15.2. The monoisotopic (exact) mass is 446 g/mol. The summed E-state index contributed by atoms with van der Waals surface area (Å²) in [4.78, 5) is 55.7. The van der Waals surface area contributed by atoms with Crippen molar-refractivity contribution in [2.75, 3.05) is 13.2 Å². The predicted octanol–water partition coefficient (Wildman–Crippen LogP) is 1.91. The fraction of sp³-hybridized carbons (Fsp3) is 0.211. The first-order valence-corrected chi connectivity index (χ1v) is 9.14. The molecule has 13 heteroatoms. The molecule has 2 rings (SSSR count). The van der Waals surface area contributed by atoms with Gasteiger partial charge in [-0.2, -0.15) is 0 Å². The summed E-state index contributed by atoms with van der Waals surface area (Å²) in [6.45, 7) is 1.66. The van der Waals surface area contributed by atoms with Gasteiger partial charge in [0.15, 0.2) is 6.61 Å². The van der Waals surface area contributed by atoms with Gasteiger partial charge in [0.1, 0.15) is 5.75 Å². The van der Waals surface area contributed by atoms with Gasteiger partial charge in [-0.15, -0.1) is 0 Å². The maximum atomic E-state index is 12.1. The molecule has 2 amide bonds. The number of nitrogens with one attached hydrogen (secondary N) is 2. The number of non-ortho nitro benzene ring substituents is 2. The smallest absolute Gasteiger partial charge is 0.338 e. The van der Waals surface area contributed by atoms with Gasteiger partial charge in [-0.1, -0.05) is 6.92 Å². The van der Waals surface area contributed by atoms with Gasteiger partial charge in [0.2, 0.25) is 0 Å². The third-order valence-electron chi connectivity index (χ3n) is 3.80. The molecule has 32 heavy (non-hydrogen) atoms. The summed E-state index contributed by atoms with van der Waals surface area (Å²) < 4.78 is 10.2. The van der Waals surface area contributed by atoms with Crippen LogP contribution in [0.25, 0.3) is 0 Å². The zero-order valence-corrected chi connectivity index (χ0v) is 16.7. The molecule has 0 atom stereocenters. The summed E-state index contributed by atoms with van der Waals surface area (Å²) in [6, 6.07) is 8.20. The maximum absolute atomic E-state index is 12.1. The number of hydrogen-bond donors (Lipinski definition) is 2. The van der Waals surface area contributed by atoms with E-state index >= 15 is 0 Å². The second-order valence-corrected chi connectivity index (χ2v) is 6.20. The standard InChI is InChI=1S/C19H18N4O9/c1-2-7-31-19(26)12-3-5-16(6-4-12)32-11-17(24)20-21-18(25)13-8-14(22(27)28)10-15(9-13)23(29)30/h3-6,8-10H,2,7,11H2,1H3,(H,20,24)(H,21,25). The van der Waals surface area contributed by atoms with Crippen molar-refractivity contribution in [3.8, 4) is 5.75 Å². The lowest BCUT2D eigenvalue weighted by Crippen LogP contribution is -2.43. The van der Waals surface area contributed by atoms with Crippen LogP contribution in [0.4, 0.5) is 11.4 Å². The molecule has 0 aliphatic carbocycles. The van der Waals surface area contributed by atoms with Crippen molar-refractivity contribution in [2.45, 2.75) is 13.3 Å². The lowest BCUT2D eigenvalue weighted by atomic mass is 10.1. The zero-order valence-electron chi connectivity index (χ0n) is 16.7. The van der Waals surface area contributed by atoms with Crippen LogP contribution in [-0.4, -0.2) is 40.8 Å². The maximum Gasteiger partial charge on any atom is 0.338 e. The summed E-state index contributed by atoms with van der Waals surface area (Å²) in [5.41, 5.74) is 2.63. The van der Waals surface area contributed by atoms with Crippen LogP contribution in [0.1, 0.15) is 34.1 Å². The van der Waals surface area contributed by atoms with E-state index in [0.717, 1.165) is 12.1 Å². The number of carbonyl (C=O) groups excluding carboxylic acids is 3. The minimum absolute atomic E-state index is 0.271. The third-order valence-corrected chi connectivity index (χ3v) is 3.80. The summed E-state index contributed by atoms with van der Waals surface area (Å²) in [5, 5.41) is 21.8. The van der Waals surface area contributed by atoms with Gasteiger partial charge < -0.3 is 9.47 Å². The molecule has 2 aromatic carbocycles. The number of carbonyl (C=O) groups is 3. The number of hydrogen-bond acceptors (Lipinski definition) is 9. The van der Waals surface area contributed by atoms with Crippen LogP contribution in [0, 0.1) is 20.2 Å². The number of esters is 1. The molecule has 0 bridgehead atoms. The number of ether oxygens (including phenoxy) is 2. The van der Waals surface area contributed by atoms with Gasteiger partial charge in [0, 0.05) is 12.1 Å². The highest BCUT2D eigenvalue weighted by Crippen LogP contribution is 2.22. The minimum atomic E-state index is -1.000. The molecule has 2 N–H and O–H groups in total. The van der Waals surface area contributed by atoms with Crippen molar-refractivity contribution >= 4 is 29.2 Å². The van der Waals surface area contributed by atoms with Crippen LogP contribution < -0.4 is 15.6 Å². The molecule has 13 nitrogen and oxygen atoms in total.